The van der Waals surface area contributed by atoms with Gasteiger partial charge in [0.1, 0.15) is 11.5 Å². The molecular weight excluding hydrogens is 373 g/mol. The number of carbonyl (C=O) groups is 1. The van der Waals surface area contributed by atoms with Crippen LogP contribution in [0.5, 0.6) is 11.5 Å². The third kappa shape index (κ3) is 3.48. The van der Waals surface area contributed by atoms with Crippen molar-refractivity contribution in [3.05, 3.63) is 58.3 Å². The summed E-state index contributed by atoms with van der Waals surface area (Å²) < 4.78 is 55.0. The number of rotatable bonds is 3. The monoisotopic (exact) mass is 384 g/mol. The summed E-state index contributed by atoms with van der Waals surface area (Å²) in [6.07, 6.45) is -4.54. The first-order valence-electron chi connectivity index (χ1n) is 7.36. The second-order valence-electron chi connectivity index (χ2n) is 5.48. The molecule has 26 heavy (non-hydrogen) atoms. The predicted octanol–water partition coefficient (Wildman–Crippen LogP) is 5.99. The maximum atomic E-state index is 13.1. The zero-order valence-electron chi connectivity index (χ0n) is 13.6. The van der Waals surface area contributed by atoms with Crippen molar-refractivity contribution in [1.82, 2.24) is 0 Å². The van der Waals surface area contributed by atoms with Gasteiger partial charge in [-0.1, -0.05) is 11.6 Å². The van der Waals surface area contributed by atoms with Crippen LogP contribution < -0.4 is 4.74 Å². The summed E-state index contributed by atoms with van der Waals surface area (Å²) in [5.41, 5.74) is -0.564. The van der Waals surface area contributed by atoms with Crippen LogP contribution in [0.25, 0.3) is 11.0 Å². The first-order chi connectivity index (χ1) is 12.2. The van der Waals surface area contributed by atoms with Crippen LogP contribution in [0.1, 0.15) is 21.7 Å². The average molecular weight is 385 g/mol. The predicted molar refractivity (Wildman–Crippen MR) is 88.8 cm³/mol. The quantitative estimate of drug-likeness (QED) is 0.520. The van der Waals surface area contributed by atoms with Gasteiger partial charge in [-0.15, -0.1) is 0 Å². The molecule has 0 saturated carbocycles. The molecule has 4 nitrogen and oxygen atoms in total. The Hall–Kier alpha value is -2.67. The van der Waals surface area contributed by atoms with Crippen LogP contribution >= 0.6 is 11.6 Å². The van der Waals surface area contributed by atoms with Gasteiger partial charge in [-0.3, -0.25) is 0 Å². The fourth-order valence-corrected chi connectivity index (χ4v) is 2.70. The Bertz CT molecular complexity index is 992. The minimum atomic E-state index is -4.54. The average Bonchev–Trinajstić information content (AvgIpc) is 2.94. The van der Waals surface area contributed by atoms with Crippen molar-refractivity contribution in [2.75, 3.05) is 7.11 Å². The molecule has 1 heterocycles. The molecule has 0 saturated heterocycles. The van der Waals surface area contributed by atoms with Crippen LogP contribution in [-0.4, -0.2) is 13.1 Å². The number of halogens is 4. The van der Waals surface area contributed by atoms with E-state index in [0.29, 0.717) is 5.76 Å². The van der Waals surface area contributed by atoms with E-state index < -0.39 is 17.7 Å². The molecule has 2 aromatic carbocycles. The van der Waals surface area contributed by atoms with Gasteiger partial charge in [0.15, 0.2) is 11.3 Å². The first-order valence-corrected chi connectivity index (χ1v) is 7.74. The number of ether oxygens (including phenoxy) is 2. The largest absolute Gasteiger partial charge is 0.465 e. The number of fused-ring (bicyclic) bond motifs is 1. The van der Waals surface area contributed by atoms with Crippen LogP contribution in [0, 0.1) is 6.92 Å². The molecule has 3 rings (SSSR count). The van der Waals surface area contributed by atoms with Gasteiger partial charge >= 0.3 is 12.1 Å². The number of benzene rings is 2. The van der Waals surface area contributed by atoms with Crippen LogP contribution in [0.15, 0.2) is 40.8 Å². The van der Waals surface area contributed by atoms with E-state index in [0.717, 1.165) is 12.1 Å². The smallest absolute Gasteiger partial charge is 0.416 e. The maximum absolute atomic E-state index is 13.1. The van der Waals surface area contributed by atoms with Crippen LogP contribution in [0.2, 0.25) is 5.02 Å². The number of furan rings is 1. The molecule has 0 aliphatic rings. The zero-order valence-corrected chi connectivity index (χ0v) is 14.4. The van der Waals surface area contributed by atoms with Crippen LogP contribution in [0.3, 0.4) is 0 Å². The lowest BCUT2D eigenvalue weighted by atomic mass is 10.1. The van der Waals surface area contributed by atoms with Gasteiger partial charge in [-0.2, -0.15) is 13.2 Å². The lowest BCUT2D eigenvalue weighted by molar-refractivity contribution is -0.137. The van der Waals surface area contributed by atoms with Crippen molar-refractivity contribution in [3.63, 3.8) is 0 Å². The molecule has 0 amide bonds. The third-order valence-corrected chi connectivity index (χ3v) is 3.92. The molecule has 0 spiro atoms. The van der Waals surface area contributed by atoms with Gasteiger partial charge in [0.05, 0.1) is 23.3 Å². The van der Waals surface area contributed by atoms with E-state index in [-0.39, 0.29) is 33.1 Å². The Morgan fingerprint density at radius 3 is 2.50 bits per heavy atom. The normalized spacial score (nSPS) is 11.6. The summed E-state index contributed by atoms with van der Waals surface area (Å²) in [7, 11) is 1.21. The molecule has 0 unspecified atom stereocenters. The SMILES string of the molecule is COC(=O)c1ccc(Oc2cc(C(F)(F)F)cc3cc(C)oc23)cc1Cl. The van der Waals surface area contributed by atoms with E-state index in [2.05, 4.69) is 4.74 Å². The van der Waals surface area contributed by atoms with Gasteiger partial charge < -0.3 is 13.9 Å². The summed E-state index contributed by atoms with van der Waals surface area (Å²) in [4.78, 5) is 11.5. The Balaban J connectivity index is 2.05. The van der Waals surface area contributed by atoms with Crippen molar-refractivity contribution in [2.24, 2.45) is 0 Å². The van der Waals surface area contributed by atoms with Crippen molar-refractivity contribution in [3.8, 4) is 11.5 Å². The molecule has 136 valence electrons. The molecule has 3 aromatic rings. The highest BCUT2D eigenvalue weighted by atomic mass is 35.5. The zero-order chi connectivity index (χ0) is 19.1. The molecule has 0 fully saturated rings. The number of alkyl halides is 3. The van der Waals surface area contributed by atoms with E-state index in [1.807, 2.05) is 0 Å². The van der Waals surface area contributed by atoms with Gasteiger partial charge in [-0.05, 0) is 37.3 Å². The van der Waals surface area contributed by atoms with E-state index in [4.69, 9.17) is 20.8 Å². The molecular formula is C18H12ClF3O4. The van der Waals surface area contributed by atoms with Gasteiger partial charge in [0.2, 0.25) is 0 Å². The maximum Gasteiger partial charge on any atom is 0.416 e. The number of aryl methyl sites for hydroxylation is 1. The Kier molecular flexibility index (Phi) is 4.58. The molecule has 0 bridgehead atoms. The van der Waals surface area contributed by atoms with E-state index in [1.54, 1.807) is 6.92 Å². The molecule has 0 N–H and O–H groups in total. The molecule has 0 radical (unpaired) electrons. The highest BCUT2D eigenvalue weighted by molar-refractivity contribution is 6.33. The second-order valence-corrected chi connectivity index (χ2v) is 5.89. The molecule has 1 aromatic heterocycles. The topological polar surface area (TPSA) is 48.7 Å². The lowest BCUT2D eigenvalue weighted by Crippen LogP contribution is -2.05. The fraction of sp³-hybridized carbons (Fsp3) is 0.167. The summed E-state index contributed by atoms with van der Waals surface area (Å²) in [5, 5.41) is 0.317. The minimum absolute atomic E-state index is 0.0493. The number of hydrogen-bond donors (Lipinski definition) is 0. The summed E-state index contributed by atoms with van der Waals surface area (Å²) in [5.74, 6) is -0.143. The number of methoxy groups -OCH3 is 1. The Labute approximate surface area is 151 Å². The highest BCUT2D eigenvalue weighted by Crippen LogP contribution is 2.39. The highest BCUT2D eigenvalue weighted by Gasteiger charge is 2.32. The fourth-order valence-electron chi connectivity index (χ4n) is 2.45. The van der Waals surface area contributed by atoms with Gasteiger partial charge in [0, 0.05) is 11.5 Å². The van der Waals surface area contributed by atoms with Gasteiger partial charge in [0.25, 0.3) is 0 Å². The van der Waals surface area contributed by atoms with E-state index in [9.17, 15) is 18.0 Å². The Morgan fingerprint density at radius 1 is 1.15 bits per heavy atom. The van der Waals surface area contributed by atoms with Crippen molar-refractivity contribution < 1.29 is 31.9 Å². The lowest BCUT2D eigenvalue weighted by Gasteiger charge is -2.12. The molecule has 8 heteroatoms. The summed E-state index contributed by atoms with van der Waals surface area (Å²) in [6, 6.07) is 7.42. The van der Waals surface area contributed by atoms with Crippen molar-refractivity contribution in [1.29, 1.82) is 0 Å². The number of hydrogen-bond acceptors (Lipinski definition) is 4. The van der Waals surface area contributed by atoms with Crippen LogP contribution in [0.4, 0.5) is 13.2 Å². The first kappa shape index (κ1) is 18.1. The van der Waals surface area contributed by atoms with E-state index >= 15 is 0 Å². The third-order valence-electron chi connectivity index (χ3n) is 3.61. The minimum Gasteiger partial charge on any atom is -0.465 e. The van der Waals surface area contributed by atoms with E-state index in [1.165, 1.54) is 31.4 Å². The second kappa shape index (κ2) is 6.57. The molecule has 0 aliphatic heterocycles. The van der Waals surface area contributed by atoms with Crippen molar-refractivity contribution >= 4 is 28.5 Å². The van der Waals surface area contributed by atoms with Gasteiger partial charge in [-0.25, -0.2) is 4.79 Å². The number of esters is 1. The molecule has 0 aliphatic carbocycles. The Morgan fingerprint density at radius 2 is 1.88 bits per heavy atom. The number of carbonyl (C=O) groups excluding carboxylic acids is 1. The standard InChI is InChI=1S/C18H12ClF3O4/c1-9-5-10-6-11(18(20,21)22)7-15(16(10)25-9)26-12-3-4-13(14(19)8-12)17(23)24-2/h3-8H,1-2H3. The van der Waals surface area contributed by atoms with Crippen LogP contribution in [-0.2, 0) is 10.9 Å². The summed E-state index contributed by atoms with van der Waals surface area (Å²) in [6.45, 7) is 1.62. The molecule has 0 atom stereocenters. The van der Waals surface area contributed by atoms with Crippen molar-refractivity contribution in [2.45, 2.75) is 13.1 Å². The summed E-state index contributed by atoms with van der Waals surface area (Å²) >= 11 is 6.01.